The van der Waals surface area contributed by atoms with Gasteiger partial charge in [-0.15, -0.1) is 11.3 Å². The molecule has 0 spiro atoms. The van der Waals surface area contributed by atoms with Crippen molar-refractivity contribution in [3.05, 3.63) is 11.1 Å². The van der Waals surface area contributed by atoms with E-state index >= 15 is 0 Å². The second-order valence-corrected chi connectivity index (χ2v) is 5.72. The largest absolute Gasteiger partial charge is 0.480 e. The molecule has 7 heteroatoms. The van der Waals surface area contributed by atoms with Crippen LogP contribution >= 0.6 is 11.3 Å². The summed E-state index contributed by atoms with van der Waals surface area (Å²) >= 11 is 1.40. The number of likely N-dealkylation sites (tertiary alicyclic amines) is 1. The predicted molar refractivity (Wildman–Crippen MR) is 75.4 cm³/mol. The summed E-state index contributed by atoms with van der Waals surface area (Å²) in [5.41, 5.74) is 5.93. The number of nitrogens with one attached hydrogen (secondary N) is 1. The Labute approximate surface area is 116 Å². The molecule has 106 valence electrons. The highest BCUT2D eigenvalue weighted by atomic mass is 32.1. The van der Waals surface area contributed by atoms with Crippen molar-refractivity contribution in [1.29, 1.82) is 0 Å². The lowest BCUT2D eigenvalue weighted by atomic mass is 10.2. The van der Waals surface area contributed by atoms with Gasteiger partial charge in [0.05, 0.1) is 5.69 Å². The zero-order chi connectivity index (χ0) is 13.8. The monoisotopic (exact) mass is 284 g/mol. The normalized spacial score (nSPS) is 19.3. The van der Waals surface area contributed by atoms with Gasteiger partial charge in [-0.1, -0.05) is 0 Å². The van der Waals surface area contributed by atoms with Crippen LogP contribution in [0.15, 0.2) is 5.38 Å². The third-order valence-corrected chi connectivity index (χ3v) is 4.24. The molecule has 1 aliphatic heterocycles. The van der Waals surface area contributed by atoms with Crippen molar-refractivity contribution < 1.29 is 9.90 Å². The van der Waals surface area contributed by atoms with E-state index in [9.17, 15) is 4.79 Å². The maximum atomic E-state index is 10.8. The van der Waals surface area contributed by atoms with Gasteiger partial charge in [0.2, 0.25) is 0 Å². The molecule has 19 heavy (non-hydrogen) atoms. The fraction of sp³-hybridized carbons (Fsp3) is 0.667. The fourth-order valence-corrected chi connectivity index (χ4v) is 2.94. The van der Waals surface area contributed by atoms with Crippen LogP contribution in [-0.2, 0) is 4.79 Å². The SMILES string of the molecule is CC(CNc1nc(C(N)C(=O)O)cs1)N1CCCC1. The van der Waals surface area contributed by atoms with Gasteiger partial charge in [0.15, 0.2) is 5.13 Å². The van der Waals surface area contributed by atoms with Crippen LogP contribution in [0.5, 0.6) is 0 Å². The van der Waals surface area contributed by atoms with Crippen LogP contribution < -0.4 is 11.1 Å². The van der Waals surface area contributed by atoms with Crippen LogP contribution in [0.25, 0.3) is 0 Å². The Morgan fingerprint density at radius 2 is 2.32 bits per heavy atom. The molecule has 2 unspecified atom stereocenters. The predicted octanol–water partition coefficient (Wildman–Crippen LogP) is 1.12. The Bertz CT molecular complexity index is 431. The molecular formula is C12H20N4O2S. The molecule has 6 nitrogen and oxygen atoms in total. The minimum atomic E-state index is -1.05. The number of hydrogen-bond acceptors (Lipinski definition) is 6. The van der Waals surface area contributed by atoms with Gasteiger partial charge < -0.3 is 16.2 Å². The van der Waals surface area contributed by atoms with Crippen molar-refractivity contribution in [2.45, 2.75) is 31.8 Å². The van der Waals surface area contributed by atoms with Crippen molar-refractivity contribution in [3.8, 4) is 0 Å². The van der Waals surface area contributed by atoms with Crippen molar-refractivity contribution in [2.75, 3.05) is 25.0 Å². The highest BCUT2D eigenvalue weighted by molar-refractivity contribution is 7.13. The first-order chi connectivity index (χ1) is 9.08. The van der Waals surface area contributed by atoms with E-state index in [4.69, 9.17) is 10.8 Å². The summed E-state index contributed by atoms with van der Waals surface area (Å²) in [5.74, 6) is -1.05. The van der Waals surface area contributed by atoms with Crippen LogP contribution in [0.1, 0.15) is 31.5 Å². The maximum absolute atomic E-state index is 10.8. The van der Waals surface area contributed by atoms with E-state index in [0.29, 0.717) is 11.7 Å². The number of nitrogens with zero attached hydrogens (tertiary/aromatic N) is 2. The lowest BCUT2D eigenvalue weighted by Crippen LogP contribution is -2.35. The molecule has 0 saturated carbocycles. The molecule has 0 aliphatic carbocycles. The molecule has 1 aromatic heterocycles. The van der Waals surface area contributed by atoms with E-state index < -0.39 is 12.0 Å². The number of anilines is 1. The minimum Gasteiger partial charge on any atom is -0.480 e. The summed E-state index contributed by atoms with van der Waals surface area (Å²) in [4.78, 5) is 17.4. The van der Waals surface area contributed by atoms with Gasteiger partial charge >= 0.3 is 5.97 Å². The molecule has 2 heterocycles. The lowest BCUT2D eigenvalue weighted by Gasteiger charge is -2.23. The number of rotatable bonds is 6. The summed E-state index contributed by atoms with van der Waals surface area (Å²) in [6, 6.07) is -0.578. The standard InChI is InChI=1S/C12H20N4O2S/c1-8(16-4-2-3-5-16)6-14-12-15-9(7-19-12)10(13)11(17)18/h7-8,10H,2-6,13H2,1H3,(H,14,15)(H,17,18). The van der Waals surface area contributed by atoms with E-state index in [2.05, 4.69) is 22.1 Å². The Hall–Kier alpha value is -1.18. The van der Waals surface area contributed by atoms with E-state index in [0.717, 1.165) is 24.8 Å². The van der Waals surface area contributed by atoms with Crippen LogP contribution in [-0.4, -0.2) is 46.6 Å². The Balaban J connectivity index is 1.84. The van der Waals surface area contributed by atoms with Crippen LogP contribution in [0.4, 0.5) is 5.13 Å². The topological polar surface area (TPSA) is 91.5 Å². The van der Waals surface area contributed by atoms with Crippen molar-refractivity contribution in [1.82, 2.24) is 9.88 Å². The number of carboxylic acid groups (broad SMARTS) is 1. The zero-order valence-corrected chi connectivity index (χ0v) is 11.8. The Morgan fingerprint density at radius 1 is 1.63 bits per heavy atom. The molecule has 1 fully saturated rings. The van der Waals surface area contributed by atoms with Crippen molar-refractivity contribution >= 4 is 22.4 Å². The van der Waals surface area contributed by atoms with Crippen LogP contribution in [0.3, 0.4) is 0 Å². The summed E-state index contributed by atoms with van der Waals surface area (Å²) in [7, 11) is 0. The zero-order valence-electron chi connectivity index (χ0n) is 11.0. The fourth-order valence-electron chi connectivity index (χ4n) is 2.18. The molecule has 1 aromatic rings. The summed E-state index contributed by atoms with van der Waals surface area (Å²) in [5, 5.41) is 14.5. The average Bonchev–Trinajstić information content (AvgIpc) is 3.06. The molecule has 1 saturated heterocycles. The van der Waals surface area contributed by atoms with Gasteiger partial charge in [-0.2, -0.15) is 0 Å². The molecular weight excluding hydrogens is 264 g/mol. The third kappa shape index (κ3) is 3.65. The number of aliphatic carboxylic acids is 1. The summed E-state index contributed by atoms with van der Waals surface area (Å²) < 4.78 is 0. The first-order valence-corrected chi connectivity index (χ1v) is 7.37. The lowest BCUT2D eigenvalue weighted by molar-refractivity contribution is -0.138. The van der Waals surface area contributed by atoms with E-state index in [-0.39, 0.29) is 0 Å². The van der Waals surface area contributed by atoms with E-state index in [1.54, 1.807) is 5.38 Å². The molecule has 2 rings (SSSR count). The number of aromatic nitrogens is 1. The van der Waals surface area contributed by atoms with Gasteiger partial charge in [-0.05, 0) is 32.9 Å². The molecule has 0 bridgehead atoms. The van der Waals surface area contributed by atoms with Gasteiger partial charge in [-0.3, -0.25) is 9.69 Å². The smallest absolute Gasteiger partial charge is 0.326 e. The molecule has 4 N–H and O–H groups in total. The number of nitrogens with two attached hydrogens (primary N) is 1. The first kappa shape index (κ1) is 14.2. The third-order valence-electron chi connectivity index (χ3n) is 3.42. The summed E-state index contributed by atoms with van der Waals surface area (Å²) in [6.07, 6.45) is 2.55. The Kier molecular flexibility index (Phi) is 4.73. The molecule has 2 atom stereocenters. The van der Waals surface area contributed by atoms with Gasteiger partial charge in [0.1, 0.15) is 6.04 Å². The average molecular weight is 284 g/mol. The van der Waals surface area contributed by atoms with Gasteiger partial charge in [-0.25, -0.2) is 4.98 Å². The second-order valence-electron chi connectivity index (χ2n) is 4.87. The van der Waals surface area contributed by atoms with Crippen molar-refractivity contribution in [3.63, 3.8) is 0 Å². The first-order valence-electron chi connectivity index (χ1n) is 6.49. The van der Waals surface area contributed by atoms with Gasteiger partial charge in [0, 0.05) is 18.0 Å². The maximum Gasteiger partial charge on any atom is 0.326 e. The Morgan fingerprint density at radius 3 is 2.95 bits per heavy atom. The highest BCUT2D eigenvalue weighted by Crippen LogP contribution is 2.20. The summed E-state index contributed by atoms with van der Waals surface area (Å²) in [6.45, 7) is 5.33. The minimum absolute atomic E-state index is 0.411. The molecule has 0 radical (unpaired) electrons. The molecule has 0 aromatic carbocycles. The molecule has 1 aliphatic rings. The van der Waals surface area contributed by atoms with Crippen LogP contribution in [0, 0.1) is 0 Å². The van der Waals surface area contributed by atoms with E-state index in [1.165, 1.54) is 24.2 Å². The van der Waals surface area contributed by atoms with Crippen LogP contribution in [0.2, 0.25) is 0 Å². The quantitative estimate of drug-likeness (QED) is 0.725. The molecule has 0 amide bonds. The highest BCUT2D eigenvalue weighted by Gasteiger charge is 2.19. The van der Waals surface area contributed by atoms with Crippen molar-refractivity contribution in [2.24, 2.45) is 5.73 Å². The number of carbonyl (C=O) groups is 1. The second kappa shape index (κ2) is 6.31. The van der Waals surface area contributed by atoms with Gasteiger partial charge in [0.25, 0.3) is 0 Å². The number of thiazole rings is 1. The number of hydrogen-bond donors (Lipinski definition) is 3. The number of carboxylic acids is 1. The van der Waals surface area contributed by atoms with E-state index in [1.807, 2.05) is 0 Å².